The van der Waals surface area contributed by atoms with Crippen LogP contribution >= 0.6 is 0 Å². The van der Waals surface area contributed by atoms with Crippen molar-refractivity contribution in [2.45, 2.75) is 32.2 Å². The molecule has 0 bridgehead atoms. The molecule has 82 valence electrons. The first-order valence-electron chi connectivity index (χ1n) is 5.29. The Morgan fingerprint density at radius 1 is 1.67 bits per heavy atom. The lowest BCUT2D eigenvalue weighted by Gasteiger charge is -2.05. The Morgan fingerprint density at radius 2 is 2.40 bits per heavy atom. The molecule has 15 heavy (non-hydrogen) atoms. The highest BCUT2D eigenvalue weighted by Gasteiger charge is 2.23. The molecule has 1 aromatic heterocycles. The maximum absolute atomic E-state index is 11.5. The van der Waals surface area contributed by atoms with Gasteiger partial charge in [0.25, 0.3) is 0 Å². The molecule has 1 aliphatic carbocycles. The van der Waals surface area contributed by atoms with E-state index in [-0.39, 0.29) is 6.03 Å². The summed E-state index contributed by atoms with van der Waals surface area (Å²) in [5, 5.41) is 9.95. The van der Waals surface area contributed by atoms with Gasteiger partial charge in [-0.25, -0.2) is 4.79 Å². The van der Waals surface area contributed by atoms with Gasteiger partial charge >= 0.3 is 6.03 Å². The molecule has 0 saturated heterocycles. The van der Waals surface area contributed by atoms with E-state index >= 15 is 0 Å². The molecule has 0 aliphatic heterocycles. The number of carbonyl (C=O) groups is 1. The lowest BCUT2D eigenvalue weighted by Crippen LogP contribution is -2.30. The van der Waals surface area contributed by atoms with Gasteiger partial charge in [0.05, 0.1) is 11.4 Å². The molecule has 2 rings (SSSR count). The summed E-state index contributed by atoms with van der Waals surface area (Å²) in [4.78, 5) is 11.5. The maximum atomic E-state index is 11.5. The van der Waals surface area contributed by atoms with Gasteiger partial charge in [-0.15, -0.1) is 0 Å². The van der Waals surface area contributed by atoms with Gasteiger partial charge in [-0.1, -0.05) is 6.92 Å². The summed E-state index contributed by atoms with van der Waals surface area (Å²) in [5.41, 5.74) is 1.72. The SMILES string of the molecule is CCc1nn(C)cc1NC(=O)NC1CC1. The second-order valence-corrected chi connectivity index (χ2v) is 3.89. The van der Waals surface area contributed by atoms with E-state index in [2.05, 4.69) is 15.7 Å². The molecule has 0 atom stereocenters. The summed E-state index contributed by atoms with van der Waals surface area (Å²) >= 11 is 0. The molecule has 0 spiro atoms. The smallest absolute Gasteiger partial charge is 0.319 e. The lowest BCUT2D eigenvalue weighted by atomic mass is 10.3. The number of nitrogens with one attached hydrogen (secondary N) is 2. The molecular formula is C10H16N4O. The quantitative estimate of drug-likeness (QED) is 0.785. The fourth-order valence-electron chi connectivity index (χ4n) is 1.47. The molecule has 2 N–H and O–H groups in total. The van der Waals surface area contributed by atoms with E-state index in [4.69, 9.17) is 0 Å². The van der Waals surface area contributed by atoms with Crippen LogP contribution in [-0.2, 0) is 13.5 Å². The summed E-state index contributed by atoms with van der Waals surface area (Å²) in [7, 11) is 1.85. The largest absolute Gasteiger partial charge is 0.335 e. The van der Waals surface area contributed by atoms with Crippen molar-refractivity contribution in [2.24, 2.45) is 7.05 Å². The van der Waals surface area contributed by atoms with E-state index in [9.17, 15) is 4.79 Å². The average molecular weight is 208 g/mol. The highest BCUT2D eigenvalue weighted by Crippen LogP contribution is 2.19. The third-order valence-corrected chi connectivity index (χ3v) is 2.40. The maximum Gasteiger partial charge on any atom is 0.319 e. The number of urea groups is 1. The summed E-state index contributed by atoms with van der Waals surface area (Å²) < 4.78 is 1.71. The first-order chi connectivity index (χ1) is 7.19. The minimum absolute atomic E-state index is 0.125. The highest BCUT2D eigenvalue weighted by atomic mass is 16.2. The van der Waals surface area contributed by atoms with Crippen molar-refractivity contribution in [3.8, 4) is 0 Å². The molecule has 1 saturated carbocycles. The van der Waals surface area contributed by atoms with Crippen LogP contribution in [0.15, 0.2) is 6.20 Å². The van der Waals surface area contributed by atoms with Crippen molar-refractivity contribution in [3.05, 3.63) is 11.9 Å². The van der Waals surface area contributed by atoms with Crippen LogP contribution in [0, 0.1) is 0 Å². The third kappa shape index (κ3) is 2.49. The second-order valence-electron chi connectivity index (χ2n) is 3.89. The average Bonchev–Trinajstić information content (AvgIpc) is 2.90. The molecule has 2 amide bonds. The summed E-state index contributed by atoms with van der Waals surface area (Å²) in [6.07, 6.45) is 4.84. The second kappa shape index (κ2) is 3.92. The van der Waals surface area contributed by atoms with E-state index in [1.165, 1.54) is 0 Å². The van der Waals surface area contributed by atoms with Crippen LogP contribution in [0.1, 0.15) is 25.5 Å². The molecule has 5 nitrogen and oxygen atoms in total. The normalized spacial score (nSPS) is 15.1. The number of aromatic nitrogens is 2. The zero-order valence-electron chi connectivity index (χ0n) is 9.08. The number of nitrogens with zero attached hydrogens (tertiary/aromatic N) is 2. The molecule has 1 fully saturated rings. The lowest BCUT2D eigenvalue weighted by molar-refractivity contribution is 0.251. The van der Waals surface area contributed by atoms with Crippen molar-refractivity contribution in [1.82, 2.24) is 15.1 Å². The fourth-order valence-corrected chi connectivity index (χ4v) is 1.47. The van der Waals surface area contributed by atoms with Crippen LogP contribution in [0.2, 0.25) is 0 Å². The van der Waals surface area contributed by atoms with Crippen LogP contribution in [0.3, 0.4) is 0 Å². The number of hydrogen-bond acceptors (Lipinski definition) is 2. The van der Waals surface area contributed by atoms with Gasteiger partial charge in [-0.3, -0.25) is 4.68 Å². The van der Waals surface area contributed by atoms with Gasteiger partial charge in [0.2, 0.25) is 0 Å². The topological polar surface area (TPSA) is 59.0 Å². The van der Waals surface area contributed by atoms with Gasteiger partial charge in [0.1, 0.15) is 0 Å². The Morgan fingerprint density at radius 3 is 3.00 bits per heavy atom. The number of amides is 2. The van der Waals surface area contributed by atoms with Crippen LogP contribution in [0.4, 0.5) is 10.5 Å². The number of hydrogen-bond donors (Lipinski definition) is 2. The Bertz CT molecular complexity index is 367. The molecule has 0 radical (unpaired) electrons. The third-order valence-electron chi connectivity index (χ3n) is 2.40. The van der Waals surface area contributed by atoms with Gasteiger partial charge in [-0.2, -0.15) is 5.10 Å². The van der Waals surface area contributed by atoms with Crippen LogP contribution in [0.5, 0.6) is 0 Å². The predicted molar refractivity (Wildman–Crippen MR) is 57.8 cm³/mol. The van der Waals surface area contributed by atoms with Gasteiger partial charge in [-0.05, 0) is 19.3 Å². The Balaban J connectivity index is 1.98. The van der Waals surface area contributed by atoms with Crippen molar-refractivity contribution in [2.75, 3.05) is 5.32 Å². The number of aryl methyl sites for hydroxylation is 2. The minimum atomic E-state index is -0.125. The van der Waals surface area contributed by atoms with Crippen molar-refractivity contribution >= 4 is 11.7 Å². The molecule has 1 aromatic rings. The van der Waals surface area contributed by atoms with Crippen molar-refractivity contribution < 1.29 is 4.79 Å². The number of rotatable bonds is 3. The zero-order chi connectivity index (χ0) is 10.8. The van der Waals surface area contributed by atoms with Crippen LogP contribution in [-0.4, -0.2) is 21.9 Å². The predicted octanol–water partition coefficient (Wildman–Crippen LogP) is 1.27. The van der Waals surface area contributed by atoms with E-state index in [1.807, 2.05) is 20.2 Å². The first-order valence-corrected chi connectivity index (χ1v) is 5.29. The Labute approximate surface area is 88.8 Å². The molecule has 0 aromatic carbocycles. The monoisotopic (exact) mass is 208 g/mol. The van der Waals surface area contributed by atoms with E-state index < -0.39 is 0 Å². The Kier molecular flexibility index (Phi) is 2.62. The van der Waals surface area contributed by atoms with Gasteiger partial charge < -0.3 is 10.6 Å². The zero-order valence-corrected chi connectivity index (χ0v) is 9.08. The van der Waals surface area contributed by atoms with Crippen molar-refractivity contribution in [3.63, 3.8) is 0 Å². The highest BCUT2D eigenvalue weighted by molar-refractivity contribution is 5.90. The Hall–Kier alpha value is -1.52. The molecule has 1 aliphatic rings. The number of anilines is 1. The van der Waals surface area contributed by atoms with E-state index in [0.717, 1.165) is 30.6 Å². The first kappa shape index (κ1) is 10.0. The van der Waals surface area contributed by atoms with Crippen molar-refractivity contribution in [1.29, 1.82) is 0 Å². The van der Waals surface area contributed by atoms with Crippen LogP contribution in [0.25, 0.3) is 0 Å². The summed E-state index contributed by atoms with van der Waals surface area (Å²) in [6, 6.07) is 0.256. The summed E-state index contributed by atoms with van der Waals surface area (Å²) in [6.45, 7) is 2.02. The van der Waals surface area contributed by atoms with E-state index in [1.54, 1.807) is 4.68 Å². The van der Waals surface area contributed by atoms with Crippen LogP contribution < -0.4 is 10.6 Å². The standard InChI is InChI=1S/C10H16N4O/c1-3-8-9(6-14(2)13-8)12-10(15)11-7-4-5-7/h6-7H,3-5H2,1-2H3,(H2,11,12,15). The molecule has 1 heterocycles. The minimum Gasteiger partial charge on any atom is -0.335 e. The fraction of sp³-hybridized carbons (Fsp3) is 0.600. The molecule has 0 unspecified atom stereocenters. The van der Waals surface area contributed by atoms with Gasteiger partial charge in [0, 0.05) is 19.3 Å². The summed E-state index contributed by atoms with van der Waals surface area (Å²) in [5.74, 6) is 0. The van der Waals surface area contributed by atoms with E-state index in [0.29, 0.717) is 6.04 Å². The molecule has 5 heteroatoms. The van der Waals surface area contributed by atoms with Gasteiger partial charge in [0.15, 0.2) is 0 Å². The molecular weight excluding hydrogens is 192 g/mol. The number of carbonyl (C=O) groups excluding carboxylic acids is 1.